The highest BCUT2D eigenvalue weighted by Crippen LogP contribution is 2.33. The molecule has 0 saturated carbocycles. The smallest absolute Gasteiger partial charge is 0.385 e. The van der Waals surface area contributed by atoms with Gasteiger partial charge in [-0.1, -0.05) is 36.4 Å². The topological polar surface area (TPSA) is 99.3 Å². The average Bonchev–Trinajstić information content (AvgIpc) is 3.33. The van der Waals surface area contributed by atoms with E-state index in [1.165, 1.54) is 6.33 Å². The zero-order valence-corrected chi connectivity index (χ0v) is 15.2. The first kappa shape index (κ1) is 18.0. The first-order chi connectivity index (χ1) is 14.4. The summed E-state index contributed by atoms with van der Waals surface area (Å²) in [5, 5.41) is 17.7. The summed E-state index contributed by atoms with van der Waals surface area (Å²) in [7, 11) is 0. The summed E-state index contributed by atoms with van der Waals surface area (Å²) in [6, 6.07) is 13.9. The zero-order chi connectivity index (χ0) is 20.9. The third kappa shape index (κ3) is 3.00. The highest BCUT2D eigenvalue weighted by molar-refractivity contribution is 5.91. The number of benzene rings is 2. The fraction of sp³-hybridized carbons (Fsp3) is 0.105. The van der Waals surface area contributed by atoms with E-state index in [4.69, 9.17) is 5.73 Å². The molecule has 0 unspecified atom stereocenters. The number of rotatable bonds is 1. The molecule has 0 fully saturated rings. The molecule has 0 amide bonds. The first-order valence-corrected chi connectivity index (χ1v) is 8.86. The summed E-state index contributed by atoms with van der Waals surface area (Å²) in [6.45, 7) is 0. The molecule has 4 aromatic rings. The number of halogens is 3. The van der Waals surface area contributed by atoms with Crippen molar-refractivity contribution < 1.29 is 13.2 Å². The Morgan fingerprint density at radius 1 is 0.933 bits per heavy atom. The molecule has 0 spiro atoms. The van der Waals surface area contributed by atoms with Gasteiger partial charge in [0.25, 0.3) is 5.96 Å². The van der Waals surface area contributed by atoms with Gasteiger partial charge in [0.2, 0.25) is 0 Å². The maximum atomic E-state index is 13.8. The van der Waals surface area contributed by atoms with Gasteiger partial charge in [-0.2, -0.15) is 32.7 Å². The normalized spacial score (nSPS) is 14.2. The van der Waals surface area contributed by atoms with E-state index in [-0.39, 0.29) is 23.9 Å². The molecule has 0 saturated heterocycles. The highest BCUT2D eigenvalue weighted by Gasteiger charge is 2.38. The van der Waals surface area contributed by atoms with E-state index in [1.54, 1.807) is 12.1 Å². The Balaban J connectivity index is 1.70. The molecular weight excluding hydrogens is 397 g/mol. The lowest BCUT2D eigenvalue weighted by molar-refractivity contribution is -0.142. The molecule has 1 aliphatic heterocycles. The molecule has 150 valence electrons. The van der Waals surface area contributed by atoms with Gasteiger partial charge < -0.3 is 5.73 Å². The summed E-state index contributed by atoms with van der Waals surface area (Å²) < 4.78 is 43.4. The Morgan fingerprint density at radius 3 is 2.53 bits per heavy atom. The number of hydrogen-bond donors (Lipinski definition) is 1. The van der Waals surface area contributed by atoms with E-state index in [2.05, 4.69) is 25.4 Å². The molecule has 3 heterocycles. The van der Waals surface area contributed by atoms with Crippen molar-refractivity contribution in [3.63, 3.8) is 0 Å². The second-order valence-corrected chi connectivity index (χ2v) is 6.64. The molecule has 11 heteroatoms. The van der Waals surface area contributed by atoms with Crippen molar-refractivity contribution in [2.24, 2.45) is 15.9 Å². The molecule has 0 bridgehead atoms. The van der Waals surface area contributed by atoms with Crippen molar-refractivity contribution >= 4 is 22.6 Å². The maximum absolute atomic E-state index is 13.8. The Bertz CT molecular complexity index is 1330. The molecule has 0 radical (unpaired) electrons. The summed E-state index contributed by atoms with van der Waals surface area (Å²) in [6.07, 6.45) is -3.37. The second kappa shape index (κ2) is 6.51. The predicted octanol–water partition coefficient (Wildman–Crippen LogP) is 2.89. The number of nitrogens with zero attached hydrogens (tertiary/aromatic N) is 7. The molecule has 5 rings (SSSR count). The third-order valence-corrected chi connectivity index (χ3v) is 4.65. The van der Waals surface area contributed by atoms with Crippen molar-refractivity contribution in [2.75, 3.05) is 0 Å². The SMILES string of the molecule is NC1=NN=C(n2nc(-c3ccc4ccccc4c3)cc2C(F)(F)F)n2ncnc2C1. The number of amidine groups is 1. The summed E-state index contributed by atoms with van der Waals surface area (Å²) in [5.41, 5.74) is 5.39. The van der Waals surface area contributed by atoms with Gasteiger partial charge in [0, 0.05) is 5.56 Å². The lowest BCUT2D eigenvalue weighted by Crippen LogP contribution is -2.29. The van der Waals surface area contributed by atoms with Crippen molar-refractivity contribution in [3.8, 4) is 11.3 Å². The van der Waals surface area contributed by atoms with Gasteiger partial charge in [0.1, 0.15) is 18.0 Å². The van der Waals surface area contributed by atoms with Crippen LogP contribution in [0.5, 0.6) is 0 Å². The van der Waals surface area contributed by atoms with Gasteiger partial charge in [-0.15, -0.1) is 10.2 Å². The lowest BCUT2D eigenvalue weighted by atomic mass is 10.1. The number of aromatic nitrogens is 5. The molecule has 8 nitrogen and oxygen atoms in total. The van der Waals surface area contributed by atoms with Crippen LogP contribution >= 0.6 is 0 Å². The van der Waals surface area contributed by atoms with Crippen LogP contribution in [-0.4, -0.2) is 36.3 Å². The quantitative estimate of drug-likeness (QED) is 0.522. The molecule has 30 heavy (non-hydrogen) atoms. The summed E-state index contributed by atoms with van der Waals surface area (Å²) in [5.74, 6) is 0.153. The Morgan fingerprint density at radius 2 is 1.73 bits per heavy atom. The highest BCUT2D eigenvalue weighted by atomic mass is 19.4. The van der Waals surface area contributed by atoms with Crippen LogP contribution in [0.25, 0.3) is 22.0 Å². The largest absolute Gasteiger partial charge is 0.433 e. The average molecular weight is 410 g/mol. The number of hydrogen-bond acceptors (Lipinski definition) is 6. The van der Waals surface area contributed by atoms with E-state index in [0.29, 0.717) is 16.1 Å². The van der Waals surface area contributed by atoms with Crippen LogP contribution in [-0.2, 0) is 12.6 Å². The van der Waals surface area contributed by atoms with Gasteiger partial charge >= 0.3 is 6.18 Å². The van der Waals surface area contributed by atoms with Crippen LogP contribution in [0.4, 0.5) is 13.2 Å². The molecule has 2 N–H and O–H groups in total. The van der Waals surface area contributed by atoms with Crippen LogP contribution in [0.1, 0.15) is 11.5 Å². The van der Waals surface area contributed by atoms with Crippen LogP contribution in [0.15, 0.2) is 65.1 Å². The van der Waals surface area contributed by atoms with E-state index < -0.39 is 11.9 Å². The van der Waals surface area contributed by atoms with Crippen LogP contribution in [0, 0.1) is 0 Å². The van der Waals surface area contributed by atoms with Crippen molar-refractivity contribution in [1.82, 2.24) is 24.5 Å². The predicted molar refractivity (Wildman–Crippen MR) is 104 cm³/mol. The maximum Gasteiger partial charge on any atom is 0.433 e. The molecule has 1 aliphatic rings. The molecule has 0 aliphatic carbocycles. The van der Waals surface area contributed by atoms with Gasteiger partial charge in [0.15, 0.2) is 5.69 Å². The van der Waals surface area contributed by atoms with E-state index in [0.717, 1.165) is 21.5 Å². The minimum Gasteiger partial charge on any atom is -0.385 e. The molecule has 0 atom stereocenters. The van der Waals surface area contributed by atoms with Gasteiger partial charge in [-0.25, -0.2) is 4.98 Å². The Hall–Kier alpha value is -4.02. The molecule has 2 aromatic carbocycles. The van der Waals surface area contributed by atoms with Gasteiger partial charge in [-0.3, -0.25) is 0 Å². The van der Waals surface area contributed by atoms with Crippen molar-refractivity contribution in [2.45, 2.75) is 12.6 Å². The van der Waals surface area contributed by atoms with E-state index >= 15 is 0 Å². The Kier molecular flexibility index (Phi) is 3.91. The second-order valence-electron chi connectivity index (χ2n) is 6.64. The molecular formula is C19H13F3N8. The molecule has 2 aromatic heterocycles. The van der Waals surface area contributed by atoms with Crippen molar-refractivity contribution in [1.29, 1.82) is 0 Å². The fourth-order valence-corrected chi connectivity index (χ4v) is 3.26. The summed E-state index contributed by atoms with van der Waals surface area (Å²) in [4.78, 5) is 4.02. The number of alkyl halides is 3. The Labute approximate surface area is 167 Å². The van der Waals surface area contributed by atoms with Crippen LogP contribution in [0.3, 0.4) is 0 Å². The van der Waals surface area contributed by atoms with E-state index in [9.17, 15) is 13.2 Å². The minimum atomic E-state index is -4.69. The van der Waals surface area contributed by atoms with Gasteiger partial charge in [0.05, 0.1) is 12.1 Å². The minimum absolute atomic E-state index is 0.104. The first-order valence-electron chi connectivity index (χ1n) is 8.86. The zero-order valence-electron chi connectivity index (χ0n) is 15.2. The standard InChI is InChI=1S/C19H13F3N8/c20-19(21,22)15-8-14(13-6-5-11-3-1-2-4-12(11)7-13)28-29(15)18-27-26-16(23)9-17-24-10-25-30(17)18/h1-8,10H,9H2,(H2,23,26). The van der Waals surface area contributed by atoms with Crippen LogP contribution < -0.4 is 5.73 Å². The summed E-state index contributed by atoms with van der Waals surface area (Å²) >= 11 is 0. The number of nitrogens with two attached hydrogens (primary N) is 1. The van der Waals surface area contributed by atoms with E-state index in [1.807, 2.05) is 30.3 Å². The monoisotopic (exact) mass is 410 g/mol. The van der Waals surface area contributed by atoms with Crippen LogP contribution in [0.2, 0.25) is 0 Å². The number of fused-ring (bicyclic) bond motifs is 2. The van der Waals surface area contributed by atoms with Crippen molar-refractivity contribution in [3.05, 3.63) is 66.4 Å². The third-order valence-electron chi connectivity index (χ3n) is 4.65. The van der Waals surface area contributed by atoms with Gasteiger partial charge in [-0.05, 0) is 22.9 Å². The lowest BCUT2D eigenvalue weighted by Gasteiger charge is -2.11. The fourth-order valence-electron chi connectivity index (χ4n) is 3.26.